The van der Waals surface area contributed by atoms with Crippen molar-refractivity contribution in [2.75, 3.05) is 0 Å². The Morgan fingerprint density at radius 2 is 0.821 bits per heavy atom. The Labute approximate surface area is 255 Å². The van der Waals surface area contributed by atoms with Gasteiger partial charge < -0.3 is 0 Å². The molecule has 0 amide bonds. The Hall–Kier alpha value is -2.13. The van der Waals surface area contributed by atoms with E-state index in [1.54, 1.807) is 0 Å². The van der Waals surface area contributed by atoms with Crippen LogP contribution >= 0.6 is 0 Å². The van der Waals surface area contributed by atoms with Crippen molar-refractivity contribution < 1.29 is 4.74 Å². The third kappa shape index (κ3) is 7.15. The van der Waals surface area contributed by atoms with E-state index in [-0.39, 0.29) is 8.18 Å². The van der Waals surface area contributed by atoms with Crippen molar-refractivity contribution in [1.29, 1.82) is 0 Å². The summed E-state index contributed by atoms with van der Waals surface area (Å²) in [5.41, 5.74) is 5.41. The molecule has 1 nitrogen and oxygen atoms in total. The van der Waals surface area contributed by atoms with E-state index in [0.717, 1.165) is 24.3 Å². The molecule has 0 fully saturated rings. The topological polar surface area (TPSA) is 9.23 Å². The van der Waals surface area contributed by atoms with Gasteiger partial charge in [-0.3, -0.25) is 0 Å². The normalized spacial score (nSPS) is 16.1. The summed E-state index contributed by atoms with van der Waals surface area (Å²) in [5.74, 6) is 3.03. The maximum absolute atomic E-state index is 6.33. The van der Waals surface area contributed by atoms with Crippen LogP contribution in [0.3, 0.4) is 0 Å². The summed E-state index contributed by atoms with van der Waals surface area (Å²) >= 11 is 4.76. The van der Waals surface area contributed by atoms with Crippen LogP contribution in [0.1, 0.15) is 75.6 Å². The van der Waals surface area contributed by atoms with Crippen molar-refractivity contribution in [2.24, 2.45) is 11.8 Å². The number of ether oxygens (including phenoxy) is 1. The number of hydrogen-bond donors (Lipinski definition) is 0. The third-order valence-electron chi connectivity index (χ3n) is 8.95. The van der Waals surface area contributed by atoms with Gasteiger partial charge in [-0.15, -0.1) is 0 Å². The van der Waals surface area contributed by atoms with Gasteiger partial charge in [-0.25, -0.2) is 0 Å². The van der Waals surface area contributed by atoms with Crippen LogP contribution in [0.25, 0.3) is 0 Å². The van der Waals surface area contributed by atoms with Crippen molar-refractivity contribution in [1.82, 2.24) is 0 Å². The van der Waals surface area contributed by atoms with Crippen LogP contribution in [-0.4, -0.2) is 35.4 Å². The van der Waals surface area contributed by atoms with Crippen LogP contribution in [0.2, 0.25) is 0 Å². The van der Waals surface area contributed by atoms with Crippen molar-refractivity contribution in [2.45, 2.75) is 61.6 Å². The summed E-state index contributed by atoms with van der Waals surface area (Å²) in [5, 5.41) is 0. The maximum atomic E-state index is 6.33. The zero-order chi connectivity index (χ0) is 27.9. The molecule has 3 heteroatoms. The van der Waals surface area contributed by atoms with Gasteiger partial charge in [-0.1, -0.05) is 0 Å². The van der Waals surface area contributed by atoms with Gasteiger partial charge in [0.1, 0.15) is 0 Å². The quantitative estimate of drug-likeness (QED) is 0.176. The number of hydrogen-bond acceptors (Lipinski definition) is 1. The Morgan fingerprint density at radius 1 is 0.513 bits per heavy atom. The molecule has 0 spiro atoms. The third-order valence-corrected chi connectivity index (χ3v) is 8.95. The van der Waals surface area contributed by atoms with Crippen LogP contribution in [-0.2, 0) is 8.18 Å². The molecule has 4 rings (SSSR count). The first-order valence-corrected chi connectivity index (χ1v) is 14.8. The van der Waals surface area contributed by atoms with Crippen molar-refractivity contribution in [3.05, 3.63) is 131 Å². The van der Waals surface area contributed by atoms with Gasteiger partial charge in [0.15, 0.2) is 0 Å². The van der Waals surface area contributed by atoms with E-state index in [1.165, 1.54) is 35.1 Å². The second-order valence-electron chi connectivity index (χ2n) is 12.0. The molecule has 39 heavy (non-hydrogen) atoms. The van der Waals surface area contributed by atoms with Gasteiger partial charge in [-0.2, -0.15) is 0 Å². The molecule has 0 aliphatic rings. The second kappa shape index (κ2) is 13.5. The first-order valence-electron chi connectivity index (χ1n) is 14.8. The molecule has 0 aliphatic heterocycles. The summed E-state index contributed by atoms with van der Waals surface area (Å²) in [4.78, 5) is 0. The average molecular weight is 503 g/mol. The first-order chi connectivity index (χ1) is 18.8. The van der Waals surface area contributed by atoms with E-state index < -0.39 is 0 Å². The van der Waals surface area contributed by atoms with E-state index in [2.05, 4.69) is 172 Å². The van der Waals surface area contributed by atoms with Crippen LogP contribution in [0, 0.1) is 11.8 Å². The second-order valence-corrected chi connectivity index (χ2v) is 12.0. The molecule has 4 aromatic carbocycles. The van der Waals surface area contributed by atoms with Gasteiger partial charge in [0.2, 0.25) is 0 Å². The molecule has 192 valence electrons. The van der Waals surface area contributed by atoms with Gasteiger partial charge in [0.05, 0.1) is 0 Å². The number of rotatable bonds is 12. The predicted octanol–water partition coefficient (Wildman–Crippen LogP) is 9.18. The molecule has 0 bridgehead atoms. The molecular formula is C36H40Li2O. The van der Waals surface area contributed by atoms with Gasteiger partial charge >= 0.3 is 257 Å². The van der Waals surface area contributed by atoms with Gasteiger partial charge in [0.25, 0.3) is 0 Å². The zero-order valence-electron chi connectivity index (χ0n) is 24.8. The van der Waals surface area contributed by atoms with Crippen LogP contribution in [0.5, 0.6) is 11.5 Å². The van der Waals surface area contributed by atoms with E-state index in [4.69, 9.17) is 4.74 Å². The molecule has 4 aromatic rings. The molecule has 0 radical (unpaired) electrons. The fourth-order valence-electron chi connectivity index (χ4n) is 6.02. The average Bonchev–Trinajstić information content (AvgIpc) is 2.98. The van der Waals surface area contributed by atoms with Gasteiger partial charge in [-0.05, 0) is 0 Å². The van der Waals surface area contributed by atoms with E-state index >= 15 is 0 Å². The molecule has 0 saturated carbocycles. The van der Waals surface area contributed by atoms with Crippen LogP contribution < -0.4 is 4.74 Å². The van der Waals surface area contributed by atoms with E-state index in [9.17, 15) is 0 Å². The molecule has 0 N–H and O–H groups in total. The summed E-state index contributed by atoms with van der Waals surface area (Å²) in [6.45, 7) is 9.28. The Balaban J connectivity index is 1.55. The van der Waals surface area contributed by atoms with Crippen LogP contribution in [0.15, 0.2) is 109 Å². The fourth-order valence-corrected chi connectivity index (χ4v) is 6.02. The summed E-state index contributed by atoms with van der Waals surface area (Å²) in [6.07, 6.45) is 4.60. The predicted molar refractivity (Wildman–Crippen MR) is 167 cm³/mol. The molecular weight excluding hydrogens is 462 g/mol. The standard InChI is InChI=1S/C36H40O.2Li/c1-5-27(3)25-35(29-13-9-7-10-14-29)31-17-21-33(22-18-31)37-34-23-19-32(20-24-34)36(26-28(4)6-2)30-15-11-8-12-16-30;;/h7-24,27-28H,5-6,25-26H2,1-4H3;;. The molecule has 4 atom stereocenters. The van der Waals surface area contributed by atoms with E-state index in [0.29, 0.717) is 11.8 Å². The minimum atomic E-state index is -0.0333. The van der Waals surface area contributed by atoms with Crippen molar-refractivity contribution >= 4 is 35.4 Å². The van der Waals surface area contributed by atoms with Crippen LogP contribution in [0.4, 0.5) is 0 Å². The molecule has 0 aromatic heterocycles. The molecule has 0 aliphatic carbocycles. The summed E-state index contributed by atoms with van der Waals surface area (Å²) in [7, 11) is 0. The minimum absolute atomic E-state index is 0.0333. The molecule has 0 saturated heterocycles. The van der Waals surface area contributed by atoms with Gasteiger partial charge in [0, 0.05) is 0 Å². The first kappa shape index (κ1) is 29.8. The fraction of sp³-hybridized carbons (Fsp3) is 0.333. The Morgan fingerprint density at radius 3 is 1.13 bits per heavy atom. The SMILES string of the molecule is [Li][C](CC(C)CC)(c1ccccc1)c1ccc(Oc2ccc([C]([Li])(CC(C)CC)c3ccccc3)cc2)cc1. The van der Waals surface area contributed by atoms with E-state index in [1.807, 2.05) is 0 Å². The van der Waals surface area contributed by atoms with Crippen molar-refractivity contribution in [3.8, 4) is 11.5 Å². The Bertz CT molecular complexity index is 1180. The monoisotopic (exact) mass is 502 g/mol. The summed E-state index contributed by atoms with van der Waals surface area (Å²) < 4.78 is 6.26. The zero-order valence-corrected chi connectivity index (χ0v) is 24.8. The number of benzene rings is 4. The molecule has 0 heterocycles. The summed E-state index contributed by atoms with van der Waals surface area (Å²) in [6, 6.07) is 39.3. The van der Waals surface area contributed by atoms with Crippen molar-refractivity contribution in [3.63, 3.8) is 0 Å². The Kier molecular flexibility index (Phi) is 10.3. The molecule has 4 unspecified atom stereocenters.